The molecule has 124 valence electrons. The van der Waals surface area contributed by atoms with Gasteiger partial charge >= 0.3 is 0 Å². The molecule has 1 amide bonds. The average Bonchev–Trinajstić information content (AvgIpc) is 3.07. The van der Waals surface area contributed by atoms with E-state index in [-0.39, 0.29) is 24.1 Å². The minimum Gasteiger partial charge on any atom is -0.352 e. The van der Waals surface area contributed by atoms with Gasteiger partial charge in [-0.15, -0.1) is 0 Å². The molecule has 0 spiro atoms. The highest BCUT2D eigenvalue weighted by Gasteiger charge is 2.22. The Morgan fingerprint density at radius 1 is 1.39 bits per heavy atom. The number of carbonyl (C=O) groups excluding carboxylic acids is 1. The third-order valence-corrected chi connectivity index (χ3v) is 4.28. The van der Waals surface area contributed by atoms with Crippen LogP contribution in [0.3, 0.4) is 0 Å². The van der Waals surface area contributed by atoms with Crippen LogP contribution in [0.4, 0.5) is 8.78 Å². The highest BCUT2D eigenvalue weighted by Crippen LogP contribution is 2.29. The lowest BCUT2D eigenvalue weighted by molar-refractivity contribution is -0.122. The largest absolute Gasteiger partial charge is 0.352 e. The molecular formula is C16H20F2N4O. The van der Waals surface area contributed by atoms with Crippen molar-refractivity contribution in [3.8, 4) is 0 Å². The van der Waals surface area contributed by atoms with Crippen molar-refractivity contribution < 1.29 is 13.6 Å². The first kappa shape index (κ1) is 15.8. The average molecular weight is 322 g/mol. The van der Waals surface area contributed by atoms with Crippen LogP contribution < -0.4 is 5.32 Å². The molecule has 5 nitrogen and oxygen atoms in total. The lowest BCUT2D eigenvalue weighted by Gasteiger charge is -2.12. The normalized spacial score (nSPS) is 15.7. The third-order valence-electron chi connectivity index (χ3n) is 4.28. The number of hydrogen-bond acceptors (Lipinski definition) is 3. The second-order valence-corrected chi connectivity index (χ2v) is 6.14. The molecule has 0 aromatic carbocycles. The van der Waals surface area contributed by atoms with Crippen molar-refractivity contribution in [2.24, 2.45) is 0 Å². The van der Waals surface area contributed by atoms with E-state index in [1.807, 2.05) is 0 Å². The zero-order valence-corrected chi connectivity index (χ0v) is 13.3. The molecule has 0 unspecified atom stereocenters. The molecule has 0 bridgehead atoms. The summed E-state index contributed by atoms with van der Waals surface area (Å²) in [4.78, 5) is 16.5. The van der Waals surface area contributed by atoms with Crippen LogP contribution in [0.15, 0.2) is 6.07 Å². The molecule has 2 aromatic rings. The summed E-state index contributed by atoms with van der Waals surface area (Å²) >= 11 is 0. The molecule has 0 radical (unpaired) electrons. The molecule has 23 heavy (non-hydrogen) atoms. The lowest BCUT2D eigenvalue weighted by Crippen LogP contribution is -2.35. The molecule has 0 atom stereocenters. The van der Waals surface area contributed by atoms with E-state index < -0.39 is 6.43 Å². The highest BCUT2D eigenvalue weighted by atomic mass is 19.3. The molecule has 2 heterocycles. The molecule has 1 aliphatic carbocycles. The Bertz CT molecular complexity index is 735. The number of halogens is 2. The molecule has 0 aliphatic heterocycles. The van der Waals surface area contributed by atoms with Gasteiger partial charge in [0.2, 0.25) is 5.91 Å². The zero-order chi connectivity index (χ0) is 16.6. The number of nitrogens with one attached hydrogen (secondary N) is 1. The Labute approximate surface area is 133 Å². The van der Waals surface area contributed by atoms with Gasteiger partial charge in [0.25, 0.3) is 6.43 Å². The maximum atomic E-state index is 13.3. The molecule has 2 aromatic heterocycles. The molecule has 0 saturated heterocycles. The topological polar surface area (TPSA) is 59.8 Å². The van der Waals surface area contributed by atoms with Crippen LogP contribution in [0, 0.1) is 13.8 Å². The number of aryl methyl sites for hydroxylation is 2. The van der Waals surface area contributed by atoms with Crippen molar-refractivity contribution in [2.75, 3.05) is 0 Å². The summed E-state index contributed by atoms with van der Waals surface area (Å²) in [5, 5.41) is 7.57. The van der Waals surface area contributed by atoms with Crippen LogP contribution in [0.1, 0.15) is 49.1 Å². The van der Waals surface area contributed by atoms with Crippen molar-refractivity contribution >= 4 is 16.9 Å². The van der Waals surface area contributed by atoms with Crippen LogP contribution in [-0.2, 0) is 11.3 Å². The lowest BCUT2D eigenvalue weighted by atomic mass is 10.1. The minimum absolute atomic E-state index is 0.0000283. The van der Waals surface area contributed by atoms with Crippen LogP contribution in [0.25, 0.3) is 11.0 Å². The predicted molar refractivity (Wildman–Crippen MR) is 82.4 cm³/mol. The number of nitrogens with zero attached hydrogens (tertiary/aromatic N) is 3. The molecule has 1 aliphatic rings. The summed E-state index contributed by atoms with van der Waals surface area (Å²) in [5.41, 5.74) is 1.23. The molecule has 1 N–H and O–H groups in total. The highest BCUT2D eigenvalue weighted by molar-refractivity contribution is 5.84. The molecular weight excluding hydrogens is 302 g/mol. The number of carbonyl (C=O) groups is 1. The zero-order valence-electron chi connectivity index (χ0n) is 13.3. The van der Waals surface area contributed by atoms with Gasteiger partial charge in [-0.1, -0.05) is 12.8 Å². The number of pyridine rings is 1. The van der Waals surface area contributed by atoms with Crippen LogP contribution in [0.5, 0.6) is 0 Å². The summed E-state index contributed by atoms with van der Waals surface area (Å²) in [6.07, 6.45) is 1.66. The Balaban J connectivity index is 1.90. The SMILES string of the molecule is Cc1cc(C(F)F)c2c(C)nn(CC(=O)NC3CCCC3)c2n1. The summed E-state index contributed by atoms with van der Waals surface area (Å²) in [5.74, 6) is -0.150. The van der Waals surface area contributed by atoms with E-state index in [0.717, 1.165) is 25.7 Å². The number of fused-ring (bicyclic) bond motifs is 1. The smallest absolute Gasteiger partial charge is 0.264 e. The van der Waals surface area contributed by atoms with E-state index in [1.165, 1.54) is 10.7 Å². The van der Waals surface area contributed by atoms with Crippen molar-refractivity contribution in [1.29, 1.82) is 0 Å². The predicted octanol–water partition coefficient (Wildman–Crippen LogP) is 3.04. The van der Waals surface area contributed by atoms with Gasteiger partial charge in [0.15, 0.2) is 5.65 Å². The van der Waals surface area contributed by atoms with Crippen LogP contribution in [0.2, 0.25) is 0 Å². The van der Waals surface area contributed by atoms with Crippen LogP contribution in [-0.4, -0.2) is 26.7 Å². The van der Waals surface area contributed by atoms with Crippen LogP contribution >= 0.6 is 0 Å². The molecule has 1 fully saturated rings. The van der Waals surface area contributed by atoms with Crippen molar-refractivity contribution in [3.05, 3.63) is 23.0 Å². The fourth-order valence-corrected chi connectivity index (χ4v) is 3.28. The quantitative estimate of drug-likeness (QED) is 0.941. The Morgan fingerprint density at radius 2 is 2.09 bits per heavy atom. The molecule has 1 saturated carbocycles. The van der Waals surface area contributed by atoms with Gasteiger partial charge in [0.05, 0.1) is 11.1 Å². The van der Waals surface area contributed by atoms with Crippen molar-refractivity contribution in [3.63, 3.8) is 0 Å². The second kappa shape index (κ2) is 6.22. The first-order chi connectivity index (χ1) is 11.0. The van der Waals surface area contributed by atoms with Gasteiger partial charge in [-0.25, -0.2) is 18.4 Å². The van der Waals surface area contributed by atoms with Gasteiger partial charge in [0.1, 0.15) is 6.54 Å². The van der Waals surface area contributed by atoms with Gasteiger partial charge in [-0.05, 0) is 32.8 Å². The standard InChI is InChI=1S/C16H20F2N4O/c1-9-7-12(15(17)18)14-10(2)21-22(16(14)19-9)8-13(23)20-11-5-3-4-6-11/h7,11,15H,3-6,8H2,1-2H3,(H,20,23). The first-order valence-corrected chi connectivity index (χ1v) is 7.88. The Hall–Kier alpha value is -2.05. The number of alkyl halides is 2. The summed E-state index contributed by atoms with van der Waals surface area (Å²) in [7, 11) is 0. The maximum absolute atomic E-state index is 13.3. The van der Waals surface area contributed by atoms with Crippen molar-refractivity contribution in [1.82, 2.24) is 20.1 Å². The van der Waals surface area contributed by atoms with E-state index in [0.29, 0.717) is 22.4 Å². The Morgan fingerprint density at radius 3 is 2.74 bits per heavy atom. The summed E-state index contributed by atoms with van der Waals surface area (Å²) in [6, 6.07) is 1.60. The van der Waals surface area contributed by atoms with E-state index in [9.17, 15) is 13.6 Å². The molecule has 7 heteroatoms. The second-order valence-electron chi connectivity index (χ2n) is 6.14. The number of aromatic nitrogens is 3. The Kier molecular flexibility index (Phi) is 4.28. The van der Waals surface area contributed by atoms with Gasteiger partial charge in [0, 0.05) is 17.3 Å². The van der Waals surface area contributed by atoms with Crippen molar-refractivity contribution in [2.45, 2.75) is 58.5 Å². The summed E-state index contributed by atoms with van der Waals surface area (Å²) < 4.78 is 27.9. The fraction of sp³-hybridized carbons (Fsp3) is 0.562. The van der Waals surface area contributed by atoms with E-state index in [1.54, 1.807) is 13.8 Å². The van der Waals surface area contributed by atoms with Gasteiger partial charge < -0.3 is 5.32 Å². The number of rotatable bonds is 4. The van der Waals surface area contributed by atoms with E-state index >= 15 is 0 Å². The van der Waals surface area contributed by atoms with E-state index in [2.05, 4.69) is 15.4 Å². The van der Waals surface area contributed by atoms with E-state index in [4.69, 9.17) is 0 Å². The van der Waals surface area contributed by atoms with Gasteiger partial charge in [-0.2, -0.15) is 5.10 Å². The first-order valence-electron chi connectivity index (χ1n) is 7.88. The maximum Gasteiger partial charge on any atom is 0.264 e. The number of hydrogen-bond donors (Lipinski definition) is 1. The minimum atomic E-state index is -2.59. The molecule has 3 rings (SSSR count). The fourth-order valence-electron chi connectivity index (χ4n) is 3.28. The monoisotopic (exact) mass is 322 g/mol. The number of amides is 1. The third kappa shape index (κ3) is 3.18. The van der Waals surface area contributed by atoms with Gasteiger partial charge in [-0.3, -0.25) is 4.79 Å². The summed E-state index contributed by atoms with van der Waals surface area (Å²) in [6.45, 7) is 3.33.